The molecular formula is C70H79F6N11O22. The number of carbonyl (C=O) groups excluding carboxylic acids is 3. The van der Waals surface area contributed by atoms with Gasteiger partial charge in [0.15, 0.2) is 66.0 Å². The summed E-state index contributed by atoms with van der Waals surface area (Å²) in [5, 5.41) is 143. The molecule has 0 bridgehead atoms. The number of aliphatic hydroxyl groups is 9. The SMILES string of the molecule is CCC[C@H](OC1C(OC(=O)c2ccccc2)[C@H](O[C@@H]2CC(C(=O)NCCNC(=O)C3CC(n4cc(-c5cc(F)c(F)c(F)c5)nn4)C(O)[C@H](O[C@@H]4OC(CO)[C@H](O)C(n5cc(-c6cc(F)c(F)c(F)c6)nn5)C4O)C3)CC(n3cc(-c4ccccc4)nn3)C2O[C@@H]2OC(C)[C@@H](O)C(O)C2O)OC(CO)[C@@H]1O)C(=O)O. The van der Waals surface area contributed by atoms with Crippen LogP contribution in [0.2, 0.25) is 0 Å². The fourth-order valence-electron chi connectivity index (χ4n) is 14.2. The summed E-state index contributed by atoms with van der Waals surface area (Å²) in [4.78, 5) is 56.5. The van der Waals surface area contributed by atoms with E-state index in [2.05, 4.69) is 41.6 Å². The summed E-state index contributed by atoms with van der Waals surface area (Å²) in [6, 6.07) is 14.5. The van der Waals surface area contributed by atoms with Gasteiger partial charge in [-0.1, -0.05) is 77.5 Å². The Labute approximate surface area is 614 Å². The second-order valence-corrected chi connectivity index (χ2v) is 27.2. The maximum absolute atomic E-state index is 15.0. The molecule has 2 amide bonds. The topological polar surface area (TPSA) is 461 Å². The van der Waals surface area contributed by atoms with Crippen LogP contribution in [0, 0.1) is 46.7 Å². The molecule has 7 aromatic rings. The van der Waals surface area contributed by atoms with Crippen LogP contribution in [-0.4, -0.2) is 263 Å². The molecule has 3 aromatic heterocycles. The standard InChI is InChI=1S/C70H79F6N11O22/c1-3-10-46(66(99)100)103-62-57(93)50(29-89)107-70(63(62)108-67(101)32-13-8-5-9-14-32)105-48-24-36(22-45(86-25-41(79-83-86)31-11-6-4-7-12-31)61(48)109-69-60(96)59(95)54(90)30(2)102-69)65(98)78-16-15-77-64(97)35-21-44(85-26-42(80-82-85)33-17-37(71)51(75)38(72)18-33)55(91)47(23-35)104-68-58(94)53(56(92)49(28-88)106-68)87-27-43(81-84-87)34-19-39(73)52(76)40(74)20-34/h4-9,11-14,17-20,25-27,30,35-36,44-50,53-63,68-70,88-96H,3,10,15-16,21-24,28-29H2,1-2H3,(H,77,97)(H,78,98)(H,99,100)/t30?,35?,36?,44?,45?,46-,47+,48+,49?,50?,53?,54+,55?,56-,57-,58?,59?,60?,61?,62?,63?,68+,69-,70+/m0/s1. The summed E-state index contributed by atoms with van der Waals surface area (Å²) in [5.74, 6) is -16.2. The highest BCUT2D eigenvalue weighted by Gasteiger charge is 2.56. The second-order valence-electron chi connectivity index (χ2n) is 27.2. The van der Waals surface area contributed by atoms with Crippen molar-refractivity contribution in [3.63, 3.8) is 0 Å². The molecule has 6 heterocycles. The number of halogens is 6. The number of benzene rings is 4. The third-order valence-corrected chi connectivity index (χ3v) is 20.0. The van der Waals surface area contributed by atoms with Crippen LogP contribution in [-0.2, 0) is 52.3 Å². The van der Waals surface area contributed by atoms with Crippen molar-refractivity contribution in [3.8, 4) is 33.8 Å². The van der Waals surface area contributed by atoms with E-state index in [1.807, 2.05) is 0 Å². The van der Waals surface area contributed by atoms with Crippen LogP contribution in [0.5, 0.6) is 0 Å². The predicted molar refractivity (Wildman–Crippen MR) is 354 cm³/mol. The van der Waals surface area contributed by atoms with E-state index >= 15 is 4.79 Å². The molecule has 0 spiro atoms. The van der Waals surface area contributed by atoms with E-state index in [-0.39, 0.29) is 66.9 Å². The number of amides is 2. The van der Waals surface area contributed by atoms with Gasteiger partial charge >= 0.3 is 11.9 Å². The van der Waals surface area contributed by atoms with E-state index in [9.17, 15) is 91.8 Å². The van der Waals surface area contributed by atoms with Crippen LogP contribution >= 0.6 is 0 Å². The van der Waals surface area contributed by atoms with Gasteiger partial charge in [-0.2, -0.15) is 0 Å². The molecule has 5 aliphatic rings. The van der Waals surface area contributed by atoms with Crippen molar-refractivity contribution in [1.29, 1.82) is 0 Å². The van der Waals surface area contributed by atoms with Crippen LogP contribution in [0.1, 0.15) is 80.9 Å². The molecule has 4 aromatic carbocycles. The van der Waals surface area contributed by atoms with E-state index < -0.39 is 231 Å². The van der Waals surface area contributed by atoms with Gasteiger partial charge in [-0.25, -0.2) is 50.0 Å². The zero-order valence-electron chi connectivity index (χ0n) is 57.9. The number of carbonyl (C=O) groups is 4. The maximum Gasteiger partial charge on any atom is 0.338 e. The fourth-order valence-corrected chi connectivity index (χ4v) is 14.2. The molecule has 12 rings (SSSR count). The van der Waals surface area contributed by atoms with Crippen LogP contribution in [0.25, 0.3) is 33.8 Å². The third kappa shape index (κ3) is 17.4. The van der Waals surface area contributed by atoms with Gasteiger partial charge in [-0.15, -0.1) is 15.3 Å². The van der Waals surface area contributed by atoms with Gasteiger partial charge in [0.1, 0.15) is 90.3 Å². The van der Waals surface area contributed by atoms with E-state index in [0.717, 1.165) is 21.8 Å². The Hall–Kier alpha value is -8.88. The molecule has 588 valence electrons. The number of esters is 1. The van der Waals surface area contributed by atoms with Crippen molar-refractivity contribution < 1.29 is 134 Å². The fraction of sp³-hybridized carbons (Fsp3) is 0.514. The Kier molecular flexibility index (Phi) is 25.3. The Bertz CT molecular complexity index is 4250. The summed E-state index contributed by atoms with van der Waals surface area (Å²) in [7, 11) is 0. The van der Waals surface area contributed by atoms with Gasteiger partial charge in [0.05, 0.1) is 67.8 Å². The second kappa shape index (κ2) is 34.6. The number of ether oxygens (including phenoxy) is 8. The first-order chi connectivity index (χ1) is 52.2. The van der Waals surface area contributed by atoms with Crippen LogP contribution in [0.15, 0.2) is 104 Å². The number of rotatable bonds is 26. The van der Waals surface area contributed by atoms with Crippen molar-refractivity contribution in [1.82, 2.24) is 55.6 Å². The maximum atomic E-state index is 15.0. The van der Waals surface area contributed by atoms with E-state index in [0.29, 0.717) is 35.5 Å². The molecule has 0 radical (unpaired) electrons. The largest absolute Gasteiger partial charge is 0.479 e. The molecule has 15 unspecified atom stereocenters. The van der Waals surface area contributed by atoms with Crippen LogP contribution in [0.3, 0.4) is 0 Å². The summed E-state index contributed by atoms with van der Waals surface area (Å²) < 4.78 is 139. The molecule has 24 atom stereocenters. The summed E-state index contributed by atoms with van der Waals surface area (Å²) >= 11 is 0. The summed E-state index contributed by atoms with van der Waals surface area (Å²) in [6.45, 7) is 0.521. The Balaban J connectivity index is 0.824. The zero-order chi connectivity index (χ0) is 77.8. The number of carboxylic acids is 1. The quantitative estimate of drug-likeness (QED) is 0.0156. The summed E-state index contributed by atoms with van der Waals surface area (Å²) in [6.07, 6.45) is -30.3. The first kappa shape index (κ1) is 79.7. The van der Waals surface area contributed by atoms with Gasteiger partial charge in [-0.3, -0.25) is 9.59 Å². The highest BCUT2D eigenvalue weighted by atomic mass is 19.2. The van der Waals surface area contributed by atoms with Crippen LogP contribution < -0.4 is 10.6 Å². The molecule has 39 heteroatoms. The monoisotopic (exact) mass is 1540 g/mol. The van der Waals surface area contributed by atoms with E-state index in [1.165, 1.54) is 42.1 Å². The molecule has 5 fully saturated rings. The van der Waals surface area contributed by atoms with Crippen molar-refractivity contribution in [2.45, 2.75) is 187 Å². The average Bonchev–Trinajstić information content (AvgIpc) is 1.35. The highest BCUT2D eigenvalue weighted by molar-refractivity contribution is 5.89. The molecule has 109 heavy (non-hydrogen) atoms. The molecule has 2 aliphatic carbocycles. The summed E-state index contributed by atoms with van der Waals surface area (Å²) in [5.41, 5.74) is -0.191. The number of nitrogens with zero attached hydrogens (tertiary/aromatic N) is 9. The van der Waals surface area contributed by atoms with Gasteiger partial charge in [-0.05, 0) is 75.4 Å². The smallest absolute Gasteiger partial charge is 0.338 e. The number of aliphatic hydroxyl groups excluding tert-OH is 9. The van der Waals surface area contributed by atoms with Crippen molar-refractivity contribution in [2.75, 3.05) is 26.3 Å². The molecule has 3 saturated heterocycles. The number of hydrogen-bond donors (Lipinski definition) is 12. The van der Waals surface area contributed by atoms with Crippen molar-refractivity contribution >= 4 is 23.8 Å². The minimum atomic E-state index is -2.00. The number of aliphatic carboxylic acids is 1. The molecule has 2 saturated carbocycles. The number of hydrogen-bond acceptors (Lipinski definition) is 27. The van der Waals surface area contributed by atoms with Gasteiger partial charge < -0.3 is 99.6 Å². The molecule has 33 nitrogen and oxygen atoms in total. The van der Waals surface area contributed by atoms with Gasteiger partial charge in [0.2, 0.25) is 11.8 Å². The van der Waals surface area contributed by atoms with E-state index in [1.54, 1.807) is 43.3 Å². The lowest BCUT2D eigenvalue weighted by Gasteiger charge is -2.48. The van der Waals surface area contributed by atoms with Crippen molar-refractivity contribution in [3.05, 3.63) is 144 Å². The first-order valence-corrected chi connectivity index (χ1v) is 35.0. The Morgan fingerprint density at radius 2 is 1.02 bits per heavy atom. The Morgan fingerprint density at radius 3 is 1.58 bits per heavy atom. The lowest BCUT2D eigenvalue weighted by molar-refractivity contribution is -0.348. The minimum Gasteiger partial charge on any atom is -0.479 e. The highest BCUT2D eigenvalue weighted by Crippen LogP contribution is 2.43. The zero-order valence-corrected chi connectivity index (χ0v) is 57.9. The van der Waals surface area contributed by atoms with Crippen molar-refractivity contribution in [2.24, 2.45) is 11.8 Å². The van der Waals surface area contributed by atoms with Crippen LogP contribution in [0.4, 0.5) is 26.3 Å². The van der Waals surface area contributed by atoms with E-state index in [4.69, 9.17) is 37.9 Å². The predicted octanol–water partition coefficient (Wildman–Crippen LogP) is 1.10. The minimum absolute atomic E-state index is 0.0217. The average molecular weight is 1540 g/mol. The lowest BCUT2D eigenvalue weighted by atomic mass is 9.80. The number of carboxylic acid groups (broad SMARTS) is 1. The normalized spacial score (nSPS) is 31.7. The molecular weight excluding hydrogens is 1460 g/mol. The number of aromatic nitrogens is 9. The lowest BCUT2D eigenvalue weighted by Crippen LogP contribution is -2.64. The molecule has 3 aliphatic heterocycles. The third-order valence-electron chi connectivity index (χ3n) is 20.0. The Morgan fingerprint density at radius 1 is 0.532 bits per heavy atom. The first-order valence-electron chi connectivity index (χ1n) is 35.0. The number of nitrogens with one attached hydrogen (secondary N) is 2. The van der Waals surface area contributed by atoms with Gasteiger partial charge in [0, 0.05) is 41.6 Å². The molecule has 12 N–H and O–H groups in total. The van der Waals surface area contributed by atoms with Gasteiger partial charge in [0.25, 0.3) is 0 Å².